The third-order valence-electron chi connectivity index (χ3n) is 2.30. The highest BCUT2D eigenvalue weighted by atomic mass is 16.5. The zero-order valence-corrected chi connectivity index (χ0v) is 10.2. The minimum Gasteiger partial charge on any atom is -0.493 e. The summed E-state index contributed by atoms with van der Waals surface area (Å²) in [6.45, 7) is 0.909. The first-order valence-corrected chi connectivity index (χ1v) is 5.39. The predicted octanol–water partition coefficient (Wildman–Crippen LogP) is 0.321. The number of ether oxygens (including phenoxy) is 2. The van der Waals surface area contributed by atoms with Crippen LogP contribution in [0.5, 0.6) is 11.5 Å². The summed E-state index contributed by atoms with van der Waals surface area (Å²) in [6, 6.07) is 5.45. The van der Waals surface area contributed by atoms with E-state index >= 15 is 0 Å². The van der Waals surface area contributed by atoms with Crippen LogP contribution in [0.15, 0.2) is 18.2 Å². The summed E-state index contributed by atoms with van der Waals surface area (Å²) in [6.07, 6.45) is 0.250. The Morgan fingerprint density at radius 1 is 1.35 bits per heavy atom. The van der Waals surface area contributed by atoms with Gasteiger partial charge in [-0.15, -0.1) is 0 Å². The molecule has 0 aromatic heterocycles. The molecule has 0 aliphatic rings. The molecule has 17 heavy (non-hydrogen) atoms. The zero-order chi connectivity index (χ0) is 12.7. The van der Waals surface area contributed by atoms with Crippen molar-refractivity contribution in [1.29, 1.82) is 0 Å². The molecule has 0 heterocycles. The molecule has 5 nitrogen and oxygen atoms in total. The molecule has 0 atom stereocenters. The van der Waals surface area contributed by atoms with E-state index in [4.69, 9.17) is 15.2 Å². The van der Waals surface area contributed by atoms with Crippen LogP contribution >= 0.6 is 0 Å². The monoisotopic (exact) mass is 238 g/mol. The Morgan fingerprint density at radius 2 is 2.12 bits per heavy atom. The molecule has 1 aromatic carbocycles. The molecule has 1 rings (SSSR count). The first-order chi connectivity index (χ1) is 8.22. The topological polar surface area (TPSA) is 73.6 Å². The first kappa shape index (κ1) is 13.3. The van der Waals surface area contributed by atoms with Crippen molar-refractivity contribution in [3.05, 3.63) is 23.8 Å². The second-order valence-electron chi connectivity index (χ2n) is 3.47. The third-order valence-corrected chi connectivity index (χ3v) is 2.30. The molecule has 1 aromatic rings. The van der Waals surface area contributed by atoms with Crippen LogP contribution in [0.25, 0.3) is 0 Å². The van der Waals surface area contributed by atoms with E-state index in [2.05, 4.69) is 5.32 Å². The highest BCUT2D eigenvalue weighted by Crippen LogP contribution is 2.30. The minimum absolute atomic E-state index is 0.0815. The molecule has 0 spiro atoms. The Balaban J connectivity index is 2.79. The third kappa shape index (κ3) is 3.64. The molecule has 3 N–H and O–H groups in total. The highest BCUT2D eigenvalue weighted by molar-refractivity contribution is 5.79. The maximum atomic E-state index is 11.6. The maximum absolute atomic E-state index is 11.6. The number of carbonyl (C=O) groups is 1. The van der Waals surface area contributed by atoms with Crippen LogP contribution in [-0.2, 0) is 11.2 Å². The lowest BCUT2D eigenvalue weighted by Gasteiger charge is -2.12. The molecule has 0 fully saturated rings. The highest BCUT2D eigenvalue weighted by Gasteiger charge is 2.12. The van der Waals surface area contributed by atoms with Gasteiger partial charge < -0.3 is 20.5 Å². The lowest BCUT2D eigenvalue weighted by atomic mass is 10.1. The standard InChI is InChI=1S/C12H18N2O3/c1-16-10-5-3-4-9(12(10)17-2)8-11(15)14-7-6-13/h3-5H,6-8,13H2,1-2H3,(H,14,15). The fraction of sp³-hybridized carbons (Fsp3) is 0.417. The van der Waals surface area contributed by atoms with E-state index in [0.717, 1.165) is 5.56 Å². The SMILES string of the molecule is COc1cccc(CC(=O)NCCN)c1OC. The molecule has 94 valence electrons. The fourth-order valence-electron chi connectivity index (χ4n) is 1.54. The number of hydrogen-bond donors (Lipinski definition) is 2. The average Bonchev–Trinajstić information content (AvgIpc) is 2.35. The fourth-order valence-corrected chi connectivity index (χ4v) is 1.54. The van der Waals surface area contributed by atoms with Gasteiger partial charge in [0.1, 0.15) is 0 Å². The second-order valence-corrected chi connectivity index (χ2v) is 3.47. The molecule has 0 aliphatic carbocycles. The molecule has 1 amide bonds. The molecule has 0 bridgehead atoms. The summed E-state index contributed by atoms with van der Waals surface area (Å²) in [7, 11) is 3.12. The van der Waals surface area contributed by atoms with Crippen molar-refractivity contribution in [2.75, 3.05) is 27.3 Å². The van der Waals surface area contributed by atoms with Crippen molar-refractivity contribution in [3.8, 4) is 11.5 Å². The molecule has 5 heteroatoms. The van der Waals surface area contributed by atoms with Crippen molar-refractivity contribution in [1.82, 2.24) is 5.32 Å². The molecule has 0 radical (unpaired) electrons. The van der Waals surface area contributed by atoms with Gasteiger partial charge in [-0.05, 0) is 6.07 Å². The minimum atomic E-state index is -0.0815. The largest absolute Gasteiger partial charge is 0.493 e. The van der Waals surface area contributed by atoms with Crippen LogP contribution in [0.3, 0.4) is 0 Å². The Morgan fingerprint density at radius 3 is 2.71 bits per heavy atom. The molecule has 0 saturated carbocycles. The smallest absolute Gasteiger partial charge is 0.224 e. The van der Waals surface area contributed by atoms with Crippen LogP contribution < -0.4 is 20.5 Å². The van der Waals surface area contributed by atoms with E-state index in [9.17, 15) is 4.79 Å². The second kappa shape index (κ2) is 6.75. The maximum Gasteiger partial charge on any atom is 0.224 e. The van der Waals surface area contributed by atoms with Crippen LogP contribution in [0, 0.1) is 0 Å². The van der Waals surface area contributed by atoms with Gasteiger partial charge in [0.15, 0.2) is 11.5 Å². The van der Waals surface area contributed by atoms with E-state index in [-0.39, 0.29) is 12.3 Å². The number of methoxy groups -OCH3 is 2. The van der Waals surface area contributed by atoms with Gasteiger partial charge in [-0.2, -0.15) is 0 Å². The number of benzene rings is 1. The summed E-state index contributed by atoms with van der Waals surface area (Å²) in [5.41, 5.74) is 6.11. The van der Waals surface area contributed by atoms with Crippen LogP contribution in [-0.4, -0.2) is 33.2 Å². The number of amides is 1. The van der Waals surface area contributed by atoms with Crippen molar-refractivity contribution in [3.63, 3.8) is 0 Å². The number of para-hydroxylation sites is 1. The van der Waals surface area contributed by atoms with Gasteiger partial charge in [0.25, 0.3) is 0 Å². The van der Waals surface area contributed by atoms with E-state index < -0.39 is 0 Å². The van der Waals surface area contributed by atoms with Gasteiger partial charge in [0.2, 0.25) is 5.91 Å². The van der Waals surface area contributed by atoms with Crippen molar-refractivity contribution in [2.45, 2.75) is 6.42 Å². The van der Waals surface area contributed by atoms with Crippen LogP contribution in [0.1, 0.15) is 5.56 Å². The quantitative estimate of drug-likeness (QED) is 0.748. The number of rotatable bonds is 6. The van der Waals surface area contributed by atoms with Gasteiger partial charge >= 0.3 is 0 Å². The van der Waals surface area contributed by atoms with Gasteiger partial charge in [-0.1, -0.05) is 12.1 Å². The predicted molar refractivity (Wildman–Crippen MR) is 65.3 cm³/mol. The number of carbonyl (C=O) groups excluding carboxylic acids is 1. The molecular formula is C12H18N2O3. The molecular weight excluding hydrogens is 220 g/mol. The van der Waals surface area contributed by atoms with Crippen LogP contribution in [0.4, 0.5) is 0 Å². The van der Waals surface area contributed by atoms with E-state index in [0.29, 0.717) is 24.6 Å². The first-order valence-electron chi connectivity index (χ1n) is 5.39. The Kier molecular flexibility index (Phi) is 5.29. The zero-order valence-electron chi connectivity index (χ0n) is 10.2. The van der Waals surface area contributed by atoms with E-state index in [1.807, 2.05) is 12.1 Å². The summed E-state index contributed by atoms with van der Waals surface area (Å²) >= 11 is 0. The lowest BCUT2D eigenvalue weighted by molar-refractivity contribution is -0.120. The van der Waals surface area contributed by atoms with Crippen molar-refractivity contribution in [2.24, 2.45) is 5.73 Å². The number of hydrogen-bond acceptors (Lipinski definition) is 4. The van der Waals surface area contributed by atoms with Gasteiger partial charge in [-0.3, -0.25) is 4.79 Å². The average molecular weight is 238 g/mol. The van der Waals surface area contributed by atoms with Crippen LogP contribution in [0.2, 0.25) is 0 Å². The number of nitrogens with two attached hydrogens (primary N) is 1. The van der Waals surface area contributed by atoms with E-state index in [1.54, 1.807) is 20.3 Å². The Hall–Kier alpha value is -1.75. The van der Waals surface area contributed by atoms with Gasteiger partial charge in [0, 0.05) is 18.7 Å². The molecule has 0 saturated heterocycles. The summed E-state index contributed by atoms with van der Waals surface area (Å²) in [4.78, 5) is 11.6. The summed E-state index contributed by atoms with van der Waals surface area (Å²) in [5.74, 6) is 1.14. The normalized spacial score (nSPS) is 9.82. The van der Waals surface area contributed by atoms with E-state index in [1.165, 1.54) is 0 Å². The van der Waals surface area contributed by atoms with Gasteiger partial charge in [0.05, 0.1) is 20.6 Å². The molecule has 0 aliphatic heterocycles. The van der Waals surface area contributed by atoms with Crippen molar-refractivity contribution < 1.29 is 14.3 Å². The lowest BCUT2D eigenvalue weighted by Crippen LogP contribution is -2.30. The Labute approximate surface area is 101 Å². The number of nitrogens with one attached hydrogen (secondary N) is 1. The molecule has 0 unspecified atom stereocenters. The van der Waals surface area contributed by atoms with Crippen molar-refractivity contribution >= 4 is 5.91 Å². The summed E-state index contributed by atoms with van der Waals surface area (Å²) in [5, 5.41) is 2.71. The summed E-state index contributed by atoms with van der Waals surface area (Å²) < 4.78 is 10.4. The Bertz CT molecular complexity index is 380. The van der Waals surface area contributed by atoms with Gasteiger partial charge in [-0.25, -0.2) is 0 Å².